The van der Waals surface area contributed by atoms with Gasteiger partial charge in [-0.05, 0) is 141 Å². The molecular formula is C63H85N9O8. The van der Waals surface area contributed by atoms with Gasteiger partial charge in [0.1, 0.15) is 24.4 Å². The lowest BCUT2D eigenvalue weighted by molar-refractivity contribution is -0.147. The maximum Gasteiger partial charge on any atom is 0.255 e. The maximum atomic E-state index is 14.9. The second-order valence-corrected chi connectivity index (χ2v) is 24.6. The van der Waals surface area contributed by atoms with Crippen LogP contribution in [-0.2, 0) is 61.1 Å². The van der Waals surface area contributed by atoms with E-state index in [0.29, 0.717) is 11.3 Å². The van der Waals surface area contributed by atoms with Crippen LogP contribution in [-0.4, -0.2) is 120 Å². The highest BCUT2D eigenvalue weighted by Crippen LogP contribution is 2.35. The fraction of sp³-hybridized carbons (Fsp3) is 0.524. The predicted molar refractivity (Wildman–Crippen MR) is 309 cm³/mol. The fourth-order valence-electron chi connectivity index (χ4n) is 11.6. The number of fused-ring (bicyclic) bond motifs is 3. The molecule has 1 saturated heterocycles. The lowest BCUT2D eigenvalue weighted by Crippen LogP contribution is -2.62. The van der Waals surface area contributed by atoms with Crippen molar-refractivity contribution in [1.29, 1.82) is 0 Å². The number of hydrogen-bond acceptors (Lipinski definition) is 11. The third-order valence-corrected chi connectivity index (χ3v) is 16.7. The summed E-state index contributed by atoms with van der Waals surface area (Å²) in [6.45, 7) is 15.4. The summed E-state index contributed by atoms with van der Waals surface area (Å²) < 4.78 is 6.48. The Morgan fingerprint density at radius 1 is 0.675 bits per heavy atom. The number of aryl methyl sites for hydroxylation is 2. The number of anilines is 1. The van der Waals surface area contributed by atoms with Crippen molar-refractivity contribution >= 4 is 41.1 Å². The minimum absolute atomic E-state index is 0.0798. The predicted octanol–water partition coefficient (Wildman–Crippen LogP) is 6.14. The average Bonchev–Trinajstić information content (AvgIpc) is 3.96. The Balaban J connectivity index is 0.956. The SMILES string of the molecule is CN[C@@H](C)C(=O)N[C@H](C(=O)N1Cc2cc(NC(=O)c3ccc(CO[C@H]4C[C@@H](C(=O)N[C@@H]5CCCc6ccccc65)N(C(=O)[C@@H](NC(O)[C@H](C)NC)C(C)(C)C)C4)cc3)ccc2C[C@H]1C(=O)N[C@@H]1CCCc2ccccc21)C(C)(C)C. The minimum Gasteiger partial charge on any atom is -0.377 e. The number of aliphatic hydroxyl groups excluding tert-OH is 1. The Morgan fingerprint density at radius 2 is 1.25 bits per heavy atom. The van der Waals surface area contributed by atoms with Gasteiger partial charge in [-0.1, -0.05) is 108 Å². The van der Waals surface area contributed by atoms with Gasteiger partial charge in [-0.15, -0.1) is 0 Å². The Hall–Kier alpha value is -6.50. The molecular weight excluding hydrogens is 1010 g/mol. The number of hydrogen-bond donors (Lipinski definition) is 8. The summed E-state index contributed by atoms with van der Waals surface area (Å²) in [5, 5.41) is 32.8. The molecule has 8 rings (SSSR count). The highest BCUT2D eigenvalue weighted by molar-refractivity contribution is 6.04. The first-order chi connectivity index (χ1) is 38.0. The van der Waals surface area contributed by atoms with E-state index in [4.69, 9.17) is 4.74 Å². The first kappa shape index (κ1) is 59.6. The number of nitrogens with one attached hydrogen (secondary N) is 7. The van der Waals surface area contributed by atoms with E-state index in [1.54, 1.807) is 43.0 Å². The zero-order chi connectivity index (χ0) is 57.6. The normalized spacial score (nSPS) is 21.8. The van der Waals surface area contributed by atoms with Crippen molar-refractivity contribution in [2.45, 2.75) is 181 Å². The van der Waals surface area contributed by atoms with Gasteiger partial charge in [0.25, 0.3) is 5.91 Å². The summed E-state index contributed by atoms with van der Waals surface area (Å²) >= 11 is 0. The summed E-state index contributed by atoms with van der Waals surface area (Å²) in [6.07, 6.45) is 4.35. The number of benzene rings is 4. The van der Waals surface area contributed by atoms with Gasteiger partial charge in [0.05, 0.1) is 36.9 Å². The van der Waals surface area contributed by atoms with E-state index in [-0.39, 0.29) is 86.1 Å². The largest absolute Gasteiger partial charge is 0.377 e. The molecule has 10 atom stereocenters. The number of aliphatic hydroxyl groups is 1. The van der Waals surface area contributed by atoms with Crippen LogP contribution in [0.5, 0.6) is 0 Å². The molecule has 4 aliphatic rings. The highest BCUT2D eigenvalue weighted by Gasteiger charge is 2.47. The number of carbonyl (C=O) groups is 6. The lowest BCUT2D eigenvalue weighted by atomic mass is 9.83. The summed E-state index contributed by atoms with van der Waals surface area (Å²) in [6, 6.07) is 24.2. The van der Waals surface area contributed by atoms with Gasteiger partial charge >= 0.3 is 0 Å². The van der Waals surface area contributed by atoms with Crippen LogP contribution in [0.2, 0.25) is 0 Å². The molecule has 6 amide bonds. The standard InChI is InChI=1S/C63H85N9O8/c1-37(64-9)55(73)69-53(62(3,4)5)60(78)71-34-44-31-45(30-29-43(44)32-51(71)58(76)67-49-23-15-19-40-17-11-13-21-47(40)49)66-57(75)42-27-25-39(26-28-42)36-80-46-33-52(59(77)68-50-24-16-20-41-18-12-14-22-48(41)50)72(35-46)61(79)54(63(6,7)8)70-56(74)38(2)65-10/h11-14,17-18,21-22,25-31,37-38,46,49-54,56,64-65,70,74H,15-16,19-20,23-24,32-36H2,1-10H3,(H,66,75)(H,67,76)(H,68,77)(H,69,73)/t37-,38-,46-,49+,50+,51-,52-,53+,54+,56?/m0/s1. The van der Waals surface area contributed by atoms with Gasteiger partial charge in [-0.25, -0.2) is 0 Å². The van der Waals surface area contributed by atoms with Crippen molar-refractivity contribution in [3.8, 4) is 0 Å². The molecule has 4 aromatic carbocycles. The number of ether oxygens (including phenoxy) is 1. The monoisotopic (exact) mass is 1100 g/mol. The van der Waals surface area contributed by atoms with Gasteiger partial charge in [0.15, 0.2) is 0 Å². The van der Waals surface area contributed by atoms with Gasteiger partial charge < -0.3 is 51.5 Å². The first-order valence-electron chi connectivity index (χ1n) is 28.6. The number of carbonyl (C=O) groups excluding carboxylic acids is 6. The van der Waals surface area contributed by atoms with E-state index in [0.717, 1.165) is 66.3 Å². The Kier molecular flexibility index (Phi) is 19.0. The molecule has 2 aliphatic heterocycles. The third kappa shape index (κ3) is 14.0. The minimum atomic E-state index is -1.03. The van der Waals surface area contributed by atoms with Crippen LogP contribution in [0.15, 0.2) is 91.0 Å². The molecule has 0 radical (unpaired) electrons. The van der Waals surface area contributed by atoms with Gasteiger partial charge in [0, 0.05) is 43.2 Å². The molecule has 17 heteroatoms. The first-order valence-corrected chi connectivity index (χ1v) is 28.6. The molecule has 1 unspecified atom stereocenters. The van der Waals surface area contributed by atoms with Gasteiger partial charge in [-0.2, -0.15) is 0 Å². The summed E-state index contributed by atoms with van der Waals surface area (Å²) in [5.41, 5.74) is 6.65. The molecule has 0 saturated carbocycles. The second-order valence-electron chi connectivity index (χ2n) is 24.6. The fourth-order valence-corrected chi connectivity index (χ4v) is 11.6. The van der Waals surface area contributed by atoms with Crippen LogP contribution >= 0.6 is 0 Å². The van der Waals surface area contributed by atoms with Crippen molar-refractivity contribution in [3.63, 3.8) is 0 Å². The number of likely N-dealkylation sites (N-methyl/N-ethyl adjacent to an activating group) is 2. The topological polar surface area (TPSA) is 223 Å². The highest BCUT2D eigenvalue weighted by atomic mass is 16.5. The summed E-state index contributed by atoms with van der Waals surface area (Å²) in [5.74, 6) is -1.85. The molecule has 1 fully saturated rings. The molecule has 8 N–H and O–H groups in total. The zero-order valence-electron chi connectivity index (χ0n) is 48.4. The second kappa shape index (κ2) is 25.5. The molecule has 2 aliphatic carbocycles. The lowest BCUT2D eigenvalue weighted by Gasteiger charge is -2.42. The number of likely N-dealkylation sites (tertiary alicyclic amines) is 1. The molecule has 4 aromatic rings. The van der Waals surface area contributed by atoms with Crippen LogP contribution in [0, 0.1) is 10.8 Å². The van der Waals surface area contributed by atoms with E-state index < -0.39 is 53.4 Å². The van der Waals surface area contributed by atoms with Crippen molar-refractivity contribution in [2.24, 2.45) is 10.8 Å². The summed E-state index contributed by atoms with van der Waals surface area (Å²) in [7, 11) is 3.42. The molecule has 430 valence electrons. The van der Waals surface area contributed by atoms with E-state index in [2.05, 4.69) is 61.5 Å². The van der Waals surface area contributed by atoms with Gasteiger partial charge in [-0.3, -0.25) is 34.1 Å². The number of nitrogens with zero attached hydrogens (tertiary/aromatic N) is 2. The van der Waals surface area contributed by atoms with Crippen molar-refractivity contribution in [3.05, 3.63) is 136 Å². The van der Waals surface area contributed by atoms with Crippen LogP contribution in [0.3, 0.4) is 0 Å². The summed E-state index contributed by atoms with van der Waals surface area (Å²) in [4.78, 5) is 88.8. The molecule has 0 bridgehead atoms. The Bertz CT molecular complexity index is 2880. The Morgan fingerprint density at radius 3 is 1.82 bits per heavy atom. The maximum absolute atomic E-state index is 14.9. The third-order valence-electron chi connectivity index (χ3n) is 16.7. The van der Waals surface area contributed by atoms with E-state index in [1.165, 1.54) is 11.1 Å². The van der Waals surface area contributed by atoms with Crippen molar-refractivity contribution in [2.75, 3.05) is 26.0 Å². The molecule has 0 aromatic heterocycles. The Labute approximate surface area is 472 Å². The van der Waals surface area contributed by atoms with Crippen LogP contribution in [0.4, 0.5) is 5.69 Å². The zero-order valence-corrected chi connectivity index (χ0v) is 48.4. The smallest absolute Gasteiger partial charge is 0.255 e. The number of rotatable bonds is 18. The van der Waals surface area contributed by atoms with Crippen LogP contribution in [0.1, 0.15) is 149 Å². The van der Waals surface area contributed by atoms with Crippen LogP contribution < -0.4 is 37.2 Å². The average molecular weight is 1100 g/mol. The van der Waals surface area contributed by atoms with E-state index in [9.17, 15) is 33.9 Å². The molecule has 2 heterocycles. The quantitative estimate of drug-likeness (QED) is 0.0530. The van der Waals surface area contributed by atoms with Crippen molar-refractivity contribution < 1.29 is 38.6 Å². The van der Waals surface area contributed by atoms with Gasteiger partial charge in [0.2, 0.25) is 29.5 Å². The molecule has 0 spiro atoms. The van der Waals surface area contributed by atoms with E-state index >= 15 is 0 Å². The van der Waals surface area contributed by atoms with Crippen LogP contribution in [0.25, 0.3) is 0 Å². The van der Waals surface area contributed by atoms with E-state index in [1.807, 2.05) is 103 Å². The molecule has 17 nitrogen and oxygen atoms in total. The molecule has 80 heavy (non-hydrogen) atoms. The number of amides is 6. The van der Waals surface area contributed by atoms with Crippen molar-refractivity contribution in [1.82, 2.24) is 41.7 Å².